The molecule has 0 aliphatic carbocycles. The van der Waals surface area contributed by atoms with Gasteiger partial charge in [-0.05, 0) is 64.8 Å². The van der Waals surface area contributed by atoms with Gasteiger partial charge in [0.15, 0.2) is 0 Å². The van der Waals surface area contributed by atoms with Gasteiger partial charge in [0, 0.05) is 5.39 Å². The van der Waals surface area contributed by atoms with Crippen molar-refractivity contribution < 1.29 is 4.79 Å². The van der Waals surface area contributed by atoms with E-state index in [0.717, 1.165) is 25.3 Å². The van der Waals surface area contributed by atoms with Crippen LogP contribution in [0.25, 0.3) is 21.7 Å². The normalized spacial score (nSPS) is 11.1. The lowest BCUT2D eigenvalue weighted by molar-refractivity contribution is -0.0979. The van der Waals surface area contributed by atoms with Crippen molar-refractivity contribution in [1.29, 1.82) is 0 Å². The van der Waals surface area contributed by atoms with Gasteiger partial charge in [-0.1, -0.05) is 118 Å². The summed E-state index contributed by atoms with van der Waals surface area (Å²) < 4.78 is 2.21. The molecule has 196 valence electrons. The Hall–Kier alpha value is -3.72. The van der Waals surface area contributed by atoms with Gasteiger partial charge in [0.1, 0.15) is 6.79 Å². The molecule has 0 amide bonds. The highest BCUT2D eigenvalue weighted by atomic mass is 16.1. The molecule has 3 nitrogen and oxygen atoms in total. The standard InChI is InChI=1S/C34H38N2.CH2O/c1-3-11-26(12-4-2)23-28-19-22-34-32(24-28)33(35-36(34)25-27-13-6-5-7-14-27)21-20-30-17-10-16-29-15-8-9-18-31(29)30;1-2/h5-10,13-19,22,24,26H,3-4,11-12,20-21,23,25H2,1-2H3;1H2. The van der Waals surface area contributed by atoms with E-state index in [1.54, 1.807) is 0 Å². The Morgan fingerprint density at radius 2 is 1.45 bits per heavy atom. The molecule has 1 heterocycles. The molecule has 0 bridgehead atoms. The summed E-state index contributed by atoms with van der Waals surface area (Å²) in [4.78, 5) is 8.00. The third-order valence-corrected chi connectivity index (χ3v) is 7.50. The number of aryl methyl sites for hydroxylation is 2. The minimum atomic E-state index is 0.774. The first-order valence-electron chi connectivity index (χ1n) is 14.0. The summed E-state index contributed by atoms with van der Waals surface area (Å²) >= 11 is 0. The molecule has 0 radical (unpaired) electrons. The molecule has 0 unspecified atom stereocenters. The number of hydrogen-bond acceptors (Lipinski definition) is 2. The molecule has 0 aliphatic heterocycles. The fourth-order valence-corrected chi connectivity index (χ4v) is 5.74. The number of fused-ring (bicyclic) bond motifs is 2. The Kier molecular flexibility index (Phi) is 9.86. The predicted molar refractivity (Wildman–Crippen MR) is 161 cm³/mol. The van der Waals surface area contributed by atoms with E-state index < -0.39 is 0 Å². The molecule has 0 saturated carbocycles. The second-order valence-corrected chi connectivity index (χ2v) is 10.2. The highest BCUT2D eigenvalue weighted by Gasteiger charge is 2.15. The molecule has 0 fully saturated rings. The fraction of sp³-hybridized carbons (Fsp3) is 0.314. The summed E-state index contributed by atoms with van der Waals surface area (Å²) in [5.74, 6) is 0.774. The van der Waals surface area contributed by atoms with Crippen molar-refractivity contribution in [3.8, 4) is 0 Å². The van der Waals surface area contributed by atoms with E-state index in [1.807, 2.05) is 6.79 Å². The lowest BCUT2D eigenvalue weighted by Gasteiger charge is -2.15. The van der Waals surface area contributed by atoms with Gasteiger partial charge in [-0.15, -0.1) is 0 Å². The van der Waals surface area contributed by atoms with Crippen LogP contribution in [0.15, 0.2) is 91.0 Å². The minimum Gasteiger partial charge on any atom is -0.307 e. The summed E-state index contributed by atoms with van der Waals surface area (Å²) in [7, 11) is 0. The van der Waals surface area contributed by atoms with Crippen LogP contribution in [-0.4, -0.2) is 16.6 Å². The first-order valence-corrected chi connectivity index (χ1v) is 14.0. The van der Waals surface area contributed by atoms with Crippen molar-refractivity contribution in [2.24, 2.45) is 5.92 Å². The first kappa shape index (κ1) is 27.3. The van der Waals surface area contributed by atoms with Crippen molar-refractivity contribution in [3.63, 3.8) is 0 Å². The smallest absolute Gasteiger partial charge is 0.106 e. The fourth-order valence-electron chi connectivity index (χ4n) is 5.74. The number of carbonyl (C=O) groups is 1. The zero-order chi connectivity index (χ0) is 26.7. The van der Waals surface area contributed by atoms with Crippen molar-refractivity contribution in [1.82, 2.24) is 9.78 Å². The second kappa shape index (κ2) is 13.7. The highest BCUT2D eigenvalue weighted by Crippen LogP contribution is 2.27. The molecule has 5 rings (SSSR count). The number of carbonyl (C=O) groups excluding carboxylic acids is 1. The number of benzene rings is 4. The molecule has 3 heteroatoms. The average molecular weight is 505 g/mol. The van der Waals surface area contributed by atoms with Crippen LogP contribution in [-0.2, 0) is 30.6 Å². The largest absolute Gasteiger partial charge is 0.307 e. The topological polar surface area (TPSA) is 34.9 Å². The van der Waals surface area contributed by atoms with E-state index >= 15 is 0 Å². The summed E-state index contributed by atoms with van der Waals surface area (Å²) in [6.45, 7) is 7.43. The van der Waals surface area contributed by atoms with Crippen molar-refractivity contribution in [2.45, 2.75) is 65.3 Å². The van der Waals surface area contributed by atoms with Crippen molar-refractivity contribution in [3.05, 3.63) is 113 Å². The van der Waals surface area contributed by atoms with Crippen LogP contribution in [0, 0.1) is 5.92 Å². The third-order valence-electron chi connectivity index (χ3n) is 7.50. The van der Waals surface area contributed by atoms with Crippen LogP contribution in [0.1, 0.15) is 61.9 Å². The average Bonchev–Trinajstić information content (AvgIpc) is 3.30. The van der Waals surface area contributed by atoms with Crippen LogP contribution >= 0.6 is 0 Å². The molecule has 0 spiro atoms. The van der Waals surface area contributed by atoms with Gasteiger partial charge in [-0.2, -0.15) is 5.10 Å². The van der Waals surface area contributed by atoms with E-state index in [2.05, 4.69) is 110 Å². The maximum atomic E-state index is 8.00. The predicted octanol–water partition coefficient (Wildman–Crippen LogP) is 8.60. The quantitative estimate of drug-likeness (QED) is 0.180. The minimum absolute atomic E-state index is 0.774. The Labute approximate surface area is 227 Å². The van der Waals surface area contributed by atoms with E-state index in [9.17, 15) is 0 Å². The van der Waals surface area contributed by atoms with Gasteiger partial charge in [-0.3, -0.25) is 4.68 Å². The van der Waals surface area contributed by atoms with Crippen LogP contribution in [0.2, 0.25) is 0 Å². The molecular weight excluding hydrogens is 464 g/mol. The van der Waals surface area contributed by atoms with Gasteiger partial charge in [0.25, 0.3) is 0 Å². The van der Waals surface area contributed by atoms with Crippen LogP contribution in [0.5, 0.6) is 0 Å². The number of rotatable bonds is 11. The van der Waals surface area contributed by atoms with Crippen LogP contribution < -0.4 is 0 Å². The van der Waals surface area contributed by atoms with E-state index in [1.165, 1.54) is 76.2 Å². The van der Waals surface area contributed by atoms with Crippen molar-refractivity contribution >= 4 is 28.5 Å². The van der Waals surface area contributed by atoms with Crippen LogP contribution in [0.3, 0.4) is 0 Å². The molecule has 5 aromatic rings. The zero-order valence-electron chi connectivity index (χ0n) is 22.9. The highest BCUT2D eigenvalue weighted by molar-refractivity contribution is 5.86. The molecule has 0 N–H and O–H groups in total. The summed E-state index contributed by atoms with van der Waals surface area (Å²) in [6, 6.07) is 33.2. The van der Waals surface area contributed by atoms with Gasteiger partial charge in [-0.25, -0.2) is 0 Å². The Morgan fingerprint density at radius 3 is 2.21 bits per heavy atom. The SMILES string of the molecule is C=O.CCCC(CCC)Cc1ccc2c(c1)c(CCc1cccc3ccccc13)nn2Cc1ccccc1. The maximum Gasteiger partial charge on any atom is 0.106 e. The second-order valence-electron chi connectivity index (χ2n) is 10.2. The molecule has 0 aliphatic rings. The first-order chi connectivity index (χ1) is 18.7. The Bertz CT molecular complexity index is 1430. The molecular formula is C35H40N2O. The number of aromatic nitrogens is 2. The van der Waals surface area contributed by atoms with Gasteiger partial charge >= 0.3 is 0 Å². The third kappa shape index (κ3) is 6.58. The summed E-state index contributed by atoms with van der Waals surface area (Å²) in [5.41, 5.74) is 6.62. The molecule has 4 aromatic carbocycles. The van der Waals surface area contributed by atoms with Gasteiger partial charge in [0.2, 0.25) is 0 Å². The summed E-state index contributed by atoms with van der Waals surface area (Å²) in [5, 5.41) is 9.19. The molecule has 38 heavy (non-hydrogen) atoms. The van der Waals surface area contributed by atoms with E-state index in [4.69, 9.17) is 9.89 Å². The zero-order valence-corrected chi connectivity index (χ0v) is 22.9. The Balaban J connectivity index is 0.00000164. The van der Waals surface area contributed by atoms with Crippen LogP contribution in [0.4, 0.5) is 0 Å². The summed E-state index contributed by atoms with van der Waals surface area (Å²) in [6.07, 6.45) is 8.27. The van der Waals surface area contributed by atoms with Gasteiger partial charge < -0.3 is 4.79 Å². The monoisotopic (exact) mass is 504 g/mol. The number of nitrogens with zero attached hydrogens (tertiary/aromatic N) is 2. The lowest BCUT2D eigenvalue weighted by Crippen LogP contribution is -2.04. The lowest BCUT2D eigenvalue weighted by atomic mass is 9.90. The van der Waals surface area contributed by atoms with E-state index in [0.29, 0.717) is 0 Å². The number of hydrogen-bond donors (Lipinski definition) is 0. The van der Waals surface area contributed by atoms with Gasteiger partial charge in [0.05, 0.1) is 17.8 Å². The Morgan fingerprint density at radius 1 is 0.737 bits per heavy atom. The van der Waals surface area contributed by atoms with Crippen molar-refractivity contribution in [2.75, 3.05) is 0 Å². The molecule has 1 aromatic heterocycles. The van der Waals surface area contributed by atoms with E-state index in [-0.39, 0.29) is 0 Å². The molecule has 0 atom stereocenters. The maximum absolute atomic E-state index is 8.00. The molecule has 0 saturated heterocycles.